The number of likely N-dealkylation sites (N-methyl/N-ethyl adjacent to an activating group) is 4. The summed E-state index contributed by atoms with van der Waals surface area (Å²) in [5.74, 6) is -12.9. The first-order valence-corrected chi connectivity index (χ1v) is 31.7. The number of aryl methyl sites for hydroxylation is 1. The highest BCUT2D eigenvalue weighted by Gasteiger charge is 2.48. The number of hydrogen-bond donors (Lipinski definition) is 6. The number of carbonyl (C=O) groups excluding carboxylic acids is 12. The van der Waals surface area contributed by atoms with E-state index in [-0.39, 0.29) is 60.3 Å². The average Bonchev–Trinajstić information content (AvgIpc) is 1.33. The molecule has 1 aromatic carbocycles. The molecular formula is C64H90N12O17. The van der Waals surface area contributed by atoms with E-state index in [2.05, 4.69) is 21.3 Å². The van der Waals surface area contributed by atoms with Crippen molar-refractivity contribution in [1.82, 2.24) is 55.7 Å². The topological polar surface area (TPSA) is 380 Å². The predicted molar refractivity (Wildman–Crippen MR) is 336 cm³/mol. The first-order valence-electron chi connectivity index (χ1n) is 31.7. The zero-order valence-corrected chi connectivity index (χ0v) is 55.9. The van der Waals surface area contributed by atoms with Gasteiger partial charge >= 0.3 is 11.9 Å². The summed E-state index contributed by atoms with van der Waals surface area (Å²) in [5.41, 5.74) is 3.43. The first-order chi connectivity index (χ1) is 43.6. The molecule has 4 saturated heterocycles. The molecule has 0 bridgehead atoms. The lowest BCUT2D eigenvalue weighted by atomic mass is 9.96. The van der Waals surface area contributed by atoms with Crippen molar-refractivity contribution in [3.63, 3.8) is 0 Å². The van der Waals surface area contributed by atoms with Crippen molar-refractivity contribution >= 4 is 87.8 Å². The number of carbonyl (C=O) groups is 12. The Morgan fingerprint density at radius 1 is 0.688 bits per heavy atom. The molecule has 0 unspecified atom stereocenters. The van der Waals surface area contributed by atoms with Gasteiger partial charge in [-0.1, -0.05) is 74.3 Å². The highest BCUT2D eigenvalue weighted by Crippen LogP contribution is 2.35. The number of nitrogens with two attached hydrogens (primary N) is 1. The molecule has 1 aliphatic carbocycles. The highest BCUT2D eigenvalue weighted by molar-refractivity contribution is 6.10. The second-order valence-corrected chi connectivity index (χ2v) is 26.0. The number of nitrogens with one attached hydrogen (secondary N) is 4. The number of esters is 2. The summed E-state index contributed by atoms with van der Waals surface area (Å²) < 4.78 is 18.4. The monoisotopic (exact) mass is 1300 g/mol. The van der Waals surface area contributed by atoms with Crippen LogP contribution in [-0.2, 0) is 57.4 Å². The van der Waals surface area contributed by atoms with Gasteiger partial charge in [-0.25, -0.2) is 14.6 Å². The summed E-state index contributed by atoms with van der Waals surface area (Å²) in [6, 6.07) is -8.42. The van der Waals surface area contributed by atoms with Crippen molar-refractivity contribution in [1.29, 1.82) is 0 Å². The Hall–Kier alpha value is -8.76. The lowest BCUT2D eigenvalue weighted by Crippen LogP contribution is -2.61. The maximum absolute atomic E-state index is 15.3. The Morgan fingerprint density at radius 2 is 1.16 bits per heavy atom. The van der Waals surface area contributed by atoms with E-state index < -0.39 is 197 Å². The minimum Gasteiger partial charge on any atom is -0.458 e. The van der Waals surface area contributed by atoms with E-state index in [1.807, 2.05) is 0 Å². The van der Waals surface area contributed by atoms with Gasteiger partial charge in [-0.05, 0) is 75.8 Å². The molecule has 93 heavy (non-hydrogen) atoms. The van der Waals surface area contributed by atoms with Crippen LogP contribution < -0.4 is 32.4 Å². The van der Waals surface area contributed by atoms with Gasteiger partial charge < -0.3 is 75.4 Å². The van der Waals surface area contributed by atoms with Gasteiger partial charge in [-0.15, -0.1) is 0 Å². The molecule has 5 aliphatic heterocycles. The third kappa shape index (κ3) is 14.6. The van der Waals surface area contributed by atoms with Crippen LogP contribution in [0.2, 0.25) is 0 Å². The standard InChI is InChI=1S/C64H90N12O17/c1-17-30(7)44-61(87)75-23-19-20-38(75)59(85)71(13)26-40(78)73(15)50(28(3)4)63(89)91-34(11)46(57(83)67-44)69-55(81)37-22-21-32(9)53-48(37)66-49-42(43(65)52(80)33(10)54(49)93-53)56(82)70-47-35(12)92-64(90)51(29(5)6)74(16)41(79)27-72(14)60(86)39-24-36(77)25-76(39)62(88)45(31(8)18-2)68-58(47)84/h21-22,28-31,34-36,38-39,44-47,50-51,77H,17-20,23-27,65H2,1-16H3,(H,67,83)(H,68,84)(H,69,81)(H,70,82)/t30-,31-,34+,35+,36+,38-,39-,44+,45+,46-,47-,50-,51-/m0/s1. The molecule has 1 aromatic rings. The molecule has 508 valence electrons. The highest BCUT2D eigenvalue weighted by atomic mass is 16.6. The molecule has 4 fully saturated rings. The number of rotatable bonds is 10. The van der Waals surface area contributed by atoms with Gasteiger partial charge in [0.2, 0.25) is 52.7 Å². The summed E-state index contributed by atoms with van der Waals surface area (Å²) in [7, 11) is 5.48. The number of aliphatic hydroxyl groups excluding tert-OH is 1. The predicted octanol–water partition coefficient (Wildman–Crippen LogP) is 0.477. The van der Waals surface area contributed by atoms with Crippen molar-refractivity contribution in [2.45, 2.75) is 182 Å². The van der Waals surface area contributed by atoms with E-state index in [0.717, 1.165) is 19.6 Å². The average molecular weight is 1300 g/mol. The van der Waals surface area contributed by atoms with E-state index in [0.29, 0.717) is 18.4 Å². The lowest BCUT2D eigenvalue weighted by molar-refractivity contribution is -0.163. The molecule has 10 amide bonds. The second kappa shape index (κ2) is 29.0. The summed E-state index contributed by atoms with van der Waals surface area (Å²) in [5, 5.41) is 21.6. The summed E-state index contributed by atoms with van der Waals surface area (Å²) in [6.45, 7) is 18.0. The van der Waals surface area contributed by atoms with Crippen molar-refractivity contribution in [2.75, 3.05) is 60.1 Å². The SMILES string of the molecule is CC[C@H](C)[C@H]1NC(=O)[C@@H](NC(=O)c2c3nc4c(C(=O)N[C@@H]5C(=O)N[C@H]([C@@H](C)CC)C(=O)N6CCC[C@H]6C(=O)N(C)CC(=O)N(C)[C@@H](C(C)C)C(=O)O[C@@H]5C)ccc(C)c4oc-3c(C)c(=O)c2N)[C@@H](C)OC(=O)[C@H](C(C)C)N(C)C(=O)CN(C)C(=O)[C@@H]2C[C@@H](O)CN2C1=O. The number of amides is 10. The number of cyclic esters (lactones) is 2. The quantitative estimate of drug-likeness (QED) is 0.0913. The molecule has 29 nitrogen and oxygen atoms in total. The molecule has 5 heterocycles. The van der Waals surface area contributed by atoms with Gasteiger partial charge in [-0.2, -0.15) is 0 Å². The Labute approximate surface area is 539 Å². The third-order valence-electron chi connectivity index (χ3n) is 18.6. The molecule has 13 atom stereocenters. The molecule has 7 N–H and O–H groups in total. The Kier molecular flexibility index (Phi) is 22.4. The van der Waals surface area contributed by atoms with Crippen LogP contribution in [-0.4, -0.2) is 232 Å². The van der Waals surface area contributed by atoms with Crippen LogP contribution in [0.1, 0.15) is 133 Å². The van der Waals surface area contributed by atoms with Crippen molar-refractivity contribution in [3.05, 3.63) is 44.6 Å². The van der Waals surface area contributed by atoms with Gasteiger partial charge in [0, 0.05) is 53.3 Å². The van der Waals surface area contributed by atoms with Gasteiger partial charge in [0.1, 0.15) is 71.8 Å². The fraction of sp³-hybridized carbons (Fsp3) is 0.625. The number of aliphatic hydroxyl groups is 1. The zero-order valence-electron chi connectivity index (χ0n) is 55.9. The van der Waals surface area contributed by atoms with Crippen LogP contribution in [0.25, 0.3) is 22.6 Å². The first kappa shape index (κ1) is 71.7. The minimum atomic E-state index is -1.94. The molecule has 0 spiro atoms. The maximum atomic E-state index is 15.3. The number of anilines is 1. The minimum absolute atomic E-state index is 0.0894. The Morgan fingerprint density at radius 3 is 1.65 bits per heavy atom. The summed E-state index contributed by atoms with van der Waals surface area (Å²) >= 11 is 0. The van der Waals surface area contributed by atoms with Crippen LogP contribution in [0.5, 0.6) is 0 Å². The van der Waals surface area contributed by atoms with Crippen molar-refractivity contribution in [2.24, 2.45) is 23.7 Å². The number of fused-ring (bicyclic) bond motifs is 4. The molecule has 7 rings (SSSR count). The van der Waals surface area contributed by atoms with Crippen LogP contribution in [0.15, 0.2) is 21.3 Å². The van der Waals surface area contributed by atoms with Gasteiger partial charge in [0.15, 0.2) is 11.3 Å². The smallest absolute Gasteiger partial charge is 0.329 e. The van der Waals surface area contributed by atoms with E-state index >= 15 is 14.4 Å². The summed E-state index contributed by atoms with van der Waals surface area (Å²) in [4.78, 5) is 200. The van der Waals surface area contributed by atoms with E-state index in [9.17, 15) is 53.1 Å². The number of benzene rings is 2. The lowest BCUT2D eigenvalue weighted by Gasteiger charge is -2.36. The number of nitrogen functional groups attached to an aromatic ring is 1. The zero-order chi connectivity index (χ0) is 69.3. The number of aromatic nitrogens is 1. The van der Waals surface area contributed by atoms with Gasteiger partial charge in [0.05, 0.1) is 36.0 Å². The number of hydrogen-bond acceptors (Lipinski definition) is 19. The third-order valence-corrected chi connectivity index (χ3v) is 18.6. The van der Waals surface area contributed by atoms with Crippen LogP contribution in [0.3, 0.4) is 0 Å². The molecule has 6 aliphatic rings. The van der Waals surface area contributed by atoms with Gasteiger partial charge in [-0.3, -0.25) is 52.7 Å². The summed E-state index contributed by atoms with van der Waals surface area (Å²) in [6.07, 6.45) is -3.12. The second-order valence-electron chi connectivity index (χ2n) is 26.0. The van der Waals surface area contributed by atoms with Crippen molar-refractivity contribution in [3.8, 4) is 11.5 Å². The Balaban J connectivity index is 1.34. The molecule has 29 heteroatoms. The van der Waals surface area contributed by atoms with Gasteiger partial charge in [0.25, 0.3) is 11.8 Å². The van der Waals surface area contributed by atoms with Crippen LogP contribution in [0, 0.1) is 37.5 Å². The molecule has 0 saturated carbocycles. The van der Waals surface area contributed by atoms with E-state index in [1.54, 1.807) is 62.3 Å². The fourth-order valence-corrected chi connectivity index (χ4v) is 12.6. The normalized spacial score (nSPS) is 27.2. The largest absolute Gasteiger partial charge is 0.458 e. The molecule has 0 radical (unpaired) electrons. The number of nitrogens with zero attached hydrogens (tertiary/aromatic N) is 7. The van der Waals surface area contributed by atoms with E-state index in [4.69, 9.17) is 24.6 Å². The maximum Gasteiger partial charge on any atom is 0.329 e. The number of ether oxygens (including phenoxy) is 2. The Bertz CT molecular complexity index is 3500. The van der Waals surface area contributed by atoms with Crippen LogP contribution >= 0.6 is 0 Å². The molecular weight excluding hydrogens is 1210 g/mol. The van der Waals surface area contributed by atoms with Crippen molar-refractivity contribution < 1.29 is 76.5 Å². The van der Waals surface area contributed by atoms with E-state index in [1.165, 1.54) is 70.9 Å². The van der Waals surface area contributed by atoms with Crippen LogP contribution in [0.4, 0.5) is 5.69 Å². The fourth-order valence-electron chi connectivity index (χ4n) is 12.6. The molecule has 0 aromatic heterocycles.